The minimum Gasteiger partial charge on any atom is -0.461 e. The van der Waals surface area contributed by atoms with Crippen molar-refractivity contribution in [1.82, 2.24) is 9.78 Å². The van der Waals surface area contributed by atoms with Crippen LogP contribution < -0.4 is 0 Å². The fourth-order valence-electron chi connectivity index (χ4n) is 1.96. The quantitative estimate of drug-likeness (QED) is 0.781. The van der Waals surface area contributed by atoms with E-state index in [0.29, 0.717) is 16.6 Å². The minimum atomic E-state index is -0.270. The Morgan fingerprint density at radius 2 is 2.00 bits per heavy atom. The van der Waals surface area contributed by atoms with E-state index >= 15 is 0 Å². The van der Waals surface area contributed by atoms with Gasteiger partial charge in [0.1, 0.15) is 6.61 Å². The highest BCUT2D eigenvalue weighted by Gasteiger charge is 2.07. The number of benzene rings is 1. The molecule has 21 heavy (non-hydrogen) atoms. The second-order valence-corrected chi connectivity index (χ2v) is 5.62. The largest absolute Gasteiger partial charge is 0.461 e. The third kappa shape index (κ3) is 4.48. The molecular formula is C15H16Cl2N2O2. The summed E-state index contributed by atoms with van der Waals surface area (Å²) in [5.41, 5.74) is 2.78. The lowest BCUT2D eigenvalue weighted by atomic mass is 10.2. The second kappa shape index (κ2) is 6.96. The Bertz CT molecular complexity index is 653. The number of rotatable bonds is 5. The molecule has 1 heterocycles. The smallest absolute Gasteiger partial charge is 0.308 e. The van der Waals surface area contributed by atoms with Gasteiger partial charge in [-0.3, -0.25) is 9.48 Å². The van der Waals surface area contributed by atoms with Crippen LogP contribution in [0.25, 0.3) is 0 Å². The van der Waals surface area contributed by atoms with E-state index in [4.69, 9.17) is 27.9 Å². The third-order valence-electron chi connectivity index (χ3n) is 3.01. The number of esters is 1. The van der Waals surface area contributed by atoms with Crippen LogP contribution in [0, 0.1) is 13.8 Å². The van der Waals surface area contributed by atoms with Gasteiger partial charge in [-0.05, 0) is 37.6 Å². The van der Waals surface area contributed by atoms with E-state index in [1.165, 1.54) is 0 Å². The van der Waals surface area contributed by atoms with Crippen LogP contribution in [-0.4, -0.2) is 15.7 Å². The van der Waals surface area contributed by atoms with E-state index in [9.17, 15) is 4.79 Å². The first-order valence-electron chi connectivity index (χ1n) is 6.56. The Morgan fingerprint density at radius 1 is 1.24 bits per heavy atom. The molecule has 0 fully saturated rings. The van der Waals surface area contributed by atoms with Gasteiger partial charge in [-0.2, -0.15) is 5.10 Å². The van der Waals surface area contributed by atoms with E-state index in [1.54, 1.807) is 22.9 Å². The normalized spacial score (nSPS) is 10.7. The molecule has 0 spiro atoms. The molecule has 0 N–H and O–H groups in total. The Balaban J connectivity index is 1.82. The summed E-state index contributed by atoms with van der Waals surface area (Å²) in [6, 6.07) is 7.13. The molecule has 0 unspecified atom stereocenters. The number of nitrogens with zero attached hydrogens (tertiary/aromatic N) is 2. The van der Waals surface area contributed by atoms with Crippen molar-refractivity contribution in [2.24, 2.45) is 0 Å². The van der Waals surface area contributed by atoms with Crippen molar-refractivity contribution >= 4 is 29.2 Å². The van der Waals surface area contributed by atoms with Crippen LogP contribution in [-0.2, 0) is 22.7 Å². The Labute approximate surface area is 133 Å². The summed E-state index contributed by atoms with van der Waals surface area (Å²) in [6.45, 7) is 4.58. The van der Waals surface area contributed by atoms with Gasteiger partial charge in [-0.25, -0.2) is 0 Å². The van der Waals surface area contributed by atoms with Crippen molar-refractivity contribution in [3.63, 3.8) is 0 Å². The highest BCUT2D eigenvalue weighted by molar-refractivity contribution is 6.42. The summed E-state index contributed by atoms with van der Waals surface area (Å²) < 4.78 is 7.01. The van der Waals surface area contributed by atoms with E-state index in [-0.39, 0.29) is 19.0 Å². The molecule has 0 amide bonds. The van der Waals surface area contributed by atoms with Crippen molar-refractivity contribution in [2.45, 2.75) is 33.4 Å². The van der Waals surface area contributed by atoms with Gasteiger partial charge in [0, 0.05) is 5.69 Å². The van der Waals surface area contributed by atoms with Crippen LogP contribution >= 0.6 is 23.2 Å². The maximum atomic E-state index is 11.7. The molecule has 2 aromatic rings. The van der Waals surface area contributed by atoms with E-state index in [1.807, 2.05) is 19.9 Å². The zero-order valence-electron chi connectivity index (χ0n) is 11.9. The summed E-state index contributed by atoms with van der Waals surface area (Å²) in [4.78, 5) is 11.7. The van der Waals surface area contributed by atoms with Gasteiger partial charge in [-0.15, -0.1) is 0 Å². The molecule has 0 saturated heterocycles. The summed E-state index contributed by atoms with van der Waals surface area (Å²) in [6.07, 6.45) is 0.281. The Morgan fingerprint density at radius 3 is 2.62 bits per heavy atom. The van der Waals surface area contributed by atoms with Gasteiger partial charge >= 0.3 is 5.97 Å². The predicted molar refractivity (Wildman–Crippen MR) is 82.6 cm³/mol. The van der Waals surface area contributed by atoms with Crippen LogP contribution in [0.2, 0.25) is 10.0 Å². The van der Waals surface area contributed by atoms with Gasteiger partial charge in [-0.1, -0.05) is 29.3 Å². The van der Waals surface area contributed by atoms with Crippen molar-refractivity contribution in [3.05, 3.63) is 51.3 Å². The molecule has 6 heteroatoms. The molecule has 1 aromatic carbocycles. The number of ether oxygens (including phenoxy) is 1. The van der Waals surface area contributed by atoms with E-state index in [2.05, 4.69) is 5.10 Å². The van der Waals surface area contributed by atoms with Gasteiger partial charge in [0.15, 0.2) is 0 Å². The lowest BCUT2D eigenvalue weighted by Crippen LogP contribution is -2.11. The predicted octanol–water partition coefficient (Wildman–Crippen LogP) is 3.94. The summed E-state index contributed by atoms with van der Waals surface area (Å²) in [5, 5.41) is 5.23. The van der Waals surface area contributed by atoms with Crippen LogP contribution in [0.1, 0.15) is 23.4 Å². The van der Waals surface area contributed by atoms with Crippen LogP contribution in [0.3, 0.4) is 0 Å². The zero-order valence-corrected chi connectivity index (χ0v) is 13.4. The number of aromatic nitrogens is 2. The maximum Gasteiger partial charge on any atom is 0.308 e. The average molecular weight is 327 g/mol. The summed E-state index contributed by atoms with van der Waals surface area (Å²) in [7, 11) is 0. The molecule has 0 atom stereocenters. The van der Waals surface area contributed by atoms with Gasteiger partial charge in [0.25, 0.3) is 0 Å². The topological polar surface area (TPSA) is 44.1 Å². The fraction of sp³-hybridized carbons (Fsp3) is 0.333. The van der Waals surface area contributed by atoms with Crippen molar-refractivity contribution in [2.75, 3.05) is 0 Å². The molecule has 0 aliphatic carbocycles. The molecule has 0 radical (unpaired) electrons. The first-order chi connectivity index (χ1) is 9.95. The Hall–Kier alpha value is -1.52. The van der Waals surface area contributed by atoms with Gasteiger partial charge in [0.2, 0.25) is 0 Å². The Kier molecular flexibility index (Phi) is 5.26. The number of halogens is 2. The molecule has 4 nitrogen and oxygen atoms in total. The standard InChI is InChI=1S/C15H16Cl2N2O2/c1-10-7-11(2)19(18-10)6-5-15(20)21-9-12-3-4-13(16)14(17)8-12/h3-4,7-8H,5-6,9H2,1-2H3. The maximum absolute atomic E-state index is 11.7. The molecule has 2 rings (SSSR count). The fourth-order valence-corrected chi connectivity index (χ4v) is 2.28. The lowest BCUT2D eigenvalue weighted by Gasteiger charge is -2.07. The minimum absolute atomic E-state index is 0.187. The van der Waals surface area contributed by atoms with Crippen molar-refractivity contribution in [1.29, 1.82) is 0 Å². The van der Waals surface area contributed by atoms with Gasteiger partial charge < -0.3 is 4.74 Å². The number of carbonyl (C=O) groups is 1. The third-order valence-corrected chi connectivity index (χ3v) is 3.75. The first kappa shape index (κ1) is 15.9. The lowest BCUT2D eigenvalue weighted by molar-refractivity contribution is -0.145. The second-order valence-electron chi connectivity index (χ2n) is 4.81. The monoisotopic (exact) mass is 326 g/mol. The van der Waals surface area contributed by atoms with E-state index < -0.39 is 0 Å². The SMILES string of the molecule is Cc1cc(C)n(CCC(=O)OCc2ccc(Cl)c(Cl)c2)n1. The molecule has 1 aromatic heterocycles. The van der Waals surface area contributed by atoms with Gasteiger partial charge in [0.05, 0.1) is 28.7 Å². The van der Waals surface area contributed by atoms with E-state index in [0.717, 1.165) is 17.0 Å². The van der Waals surface area contributed by atoms with Crippen molar-refractivity contribution < 1.29 is 9.53 Å². The number of hydrogen-bond acceptors (Lipinski definition) is 3. The number of hydrogen-bond donors (Lipinski definition) is 0. The zero-order chi connectivity index (χ0) is 15.4. The van der Waals surface area contributed by atoms with Crippen molar-refractivity contribution in [3.8, 4) is 0 Å². The highest BCUT2D eigenvalue weighted by atomic mass is 35.5. The first-order valence-corrected chi connectivity index (χ1v) is 7.32. The number of aryl methyl sites for hydroxylation is 3. The molecule has 0 bridgehead atoms. The molecular weight excluding hydrogens is 311 g/mol. The molecule has 112 valence electrons. The summed E-state index contributed by atoms with van der Waals surface area (Å²) >= 11 is 11.7. The molecule has 0 aliphatic heterocycles. The van der Waals surface area contributed by atoms with Crippen LogP contribution in [0.5, 0.6) is 0 Å². The highest BCUT2D eigenvalue weighted by Crippen LogP contribution is 2.22. The van der Waals surface area contributed by atoms with Crippen LogP contribution in [0.4, 0.5) is 0 Å². The molecule has 0 saturated carbocycles. The van der Waals surface area contributed by atoms with Crippen LogP contribution in [0.15, 0.2) is 24.3 Å². The summed E-state index contributed by atoms with van der Waals surface area (Å²) in [5.74, 6) is -0.270. The number of carbonyl (C=O) groups excluding carboxylic acids is 1. The molecule has 0 aliphatic rings. The average Bonchev–Trinajstić information content (AvgIpc) is 2.76.